The largest absolute Gasteiger partial charge is 0.366 e. The molecule has 0 saturated carbocycles. The average molecular weight is 164 g/mol. The molecule has 0 bridgehead atoms. The highest BCUT2D eigenvalue weighted by Gasteiger charge is 2.11. The van der Waals surface area contributed by atoms with E-state index in [2.05, 4.69) is 0 Å². The summed E-state index contributed by atoms with van der Waals surface area (Å²) in [5.41, 5.74) is 10.9. The van der Waals surface area contributed by atoms with E-state index in [4.69, 9.17) is 11.5 Å². The van der Waals surface area contributed by atoms with Crippen molar-refractivity contribution in [3.05, 3.63) is 36.0 Å². The number of carbonyl (C=O) groups is 1. The van der Waals surface area contributed by atoms with Crippen molar-refractivity contribution >= 4 is 5.91 Å². The summed E-state index contributed by atoms with van der Waals surface area (Å²) in [5.74, 6) is -0.436. The number of hydrogen-bond donors (Lipinski definition) is 2. The predicted molar refractivity (Wildman–Crippen MR) is 48.1 cm³/mol. The molecule has 1 aliphatic carbocycles. The molecule has 1 unspecified atom stereocenters. The number of carbonyl (C=O) groups excluding carboxylic acids is 1. The van der Waals surface area contributed by atoms with Gasteiger partial charge in [0, 0.05) is 5.57 Å². The molecule has 4 N–H and O–H groups in total. The number of hydrogen-bond acceptors (Lipinski definition) is 2. The zero-order chi connectivity index (χ0) is 9.19. The fourth-order valence-electron chi connectivity index (χ4n) is 0.904. The van der Waals surface area contributed by atoms with Gasteiger partial charge < -0.3 is 11.5 Å². The van der Waals surface area contributed by atoms with Gasteiger partial charge in [0.15, 0.2) is 0 Å². The normalized spacial score (nSPS) is 28.0. The molecule has 3 nitrogen and oxygen atoms in total. The molecule has 0 aromatic heterocycles. The zero-order valence-electron chi connectivity index (χ0n) is 6.95. The molecule has 0 fully saturated rings. The highest BCUT2D eigenvalue weighted by molar-refractivity contribution is 5.95. The topological polar surface area (TPSA) is 69.1 Å². The molecular weight excluding hydrogens is 152 g/mol. The van der Waals surface area contributed by atoms with Gasteiger partial charge in [-0.15, -0.1) is 0 Å². The van der Waals surface area contributed by atoms with E-state index in [0.717, 1.165) is 0 Å². The smallest absolute Gasteiger partial charge is 0.248 e. The van der Waals surface area contributed by atoms with Gasteiger partial charge in [-0.05, 0) is 13.0 Å². The van der Waals surface area contributed by atoms with Crippen LogP contribution < -0.4 is 11.5 Å². The van der Waals surface area contributed by atoms with Crippen LogP contribution in [0, 0.1) is 0 Å². The lowest BCUT2D eigenvalue weighted by Crippen LogP contribution is -2.30. The molecule has 3 heteroatoms. The Bertz CT molecular complexity index is 285. The lowest BCUT2D eigenvalue weighted by atomic mass is 10.0. The van der Waals surface area contributed by atoms with Gasteiger partial charge in [0.05, 0.1) is 5.54 Å². The van der Waals surface area contributed by atoms with Gasteiger partial charge in [-0.1, -0.05) is 24.3 Å². The Kier molecular flexibility index (Phi) is 2.15. The molecule has 0 saturated heterocycles. The second kappa shape index (κ2) is 2.95. The van der Waals surface area contributed by atoms with Crippen LogP contribution in [0.5, 0.6) is 0 Å². The van der Waals surface area contributed by atoms with Crippen LogP contribution in [0.1, 0.15) is 6.92 Å². The Balaban J connectivity index is 2.94. The van der Waals surface area contributed by atoms with E-state index in [1.165, 1.54) is 0 Å². The number of rotatable bonds is 1. The molecular formula is C9H12N2O. The second-order valence-corrected chi connectivity index (χ2v) is 3.04. The zero-order valence-corrected chi connectivity index (χ0v) is 6.95. The summed E-state index contributed by atoms with van der Waals surface area (Å²) in [5, 5.41) is 0. The summed E-state index contributed by atoms with van der Waals surface area (Å²) in [7, 11) is 0. The number of allylic oxidation sites excluding steroid dienone is 2. The first kappa shape index (κ1) is 8.74. The molecule has 0 aliphatic heterocycles. The summed E-state index contributed by atoms with van der Waals surface area (Å²) in [6, 6.07) is 0. The SMILES string of the molecule is CC1(N)C=CC=C(C(N)=O)C=C1. The lowest BCUT2D eigenvalue weighted by Gasteiger charge is -2.12. The minimum atomic E-state index is -0.492. The van der Waals surface area contributed by atoms with Crippen molar-refractivity contribution in [3.8, 4) is 0 Å². The van der Waals surface area contributed by atoms with Crippen molar-refractivity contribution in [2.45, 2.75) is 12.5 Å². The molecule has 1 atom stereocenters. The van der Waals surface area contributed by atoms with Gasteiger partial charge in [0.2, 0.25) is 5.91 Å². The van der Waals surface area contributed by atoms with Crippen molar-refractivity contribution in [2.24, 2.45) is 11.5 Å². The van der Waals surface area contributed by atoms with Crippen LogP contribution in [-0.2, 0) is 4.79 Å². The Morgan fingerprint density at radius 1 is 1.50 bits per heavy atom. The third-order valence-corrected chi connectivity index (χ3v) is 1.64. The molecule has 1 amide bonds. The lowest BCUT2D eigenvalue weighted by molar-refractivity contribution is -0.114. The molecule has 0 aromatic rings. The van der Waals surface area contributed by atoms with Crippen molar-refractivity contribution in [3.63, 3.8) is 0 Å². The standard InChI is InChI=1S/C9H12N2O/c1-9(11)5-2-3-7(4-6-9)8(10)12/h2-6H,11H2,1H3,(H2,10,12). The number of amides is 1. The van der Waals surface area contributed by atoms with Crippen molar-refractivity contribution in [2.75, 3.05) is 0 Å². The Labute approximate surface area is 71.4 Å². The minimum absolute atomic E-state index is 0.436. The third-order valence-electron chi connectivity index (χ3n) is 1.64. The fourth-order valence-corrected chi connectivity index (χ4v) is 0.904. The first-order chi connectivity index (χ1) is 5.51. The predicted octanol–water partition coefficient (Wildman–Crippen LogP) is 0.242. The molecule has 0 spiro atoms. The quantitative estimate of drug-likeness (QED) is 0.583. The van der Waals surface area contributed by atoms with E-state index in [1.54, 1.807) is 30.4 Å². The van der Waals surface area contributed by atoms with Crippen LogP contribution in [0.25, 0.3) is 0 Å². The molecule has 12 heavy (non-hydrogen) atoms. The van der Waals surface area contributed by atoms with Gasteiger partial charge in [-0.3, -0.25) is 4.79 Å². The summed E-state index contributed by atoms with van der Waals surface area (Å²) in [4.78, 5) is 10.7. The highest BCUT2D eigenvalue weighted by atomic mass is 16.1. The van der Waals surface area contributed by atoms with Crippen LogP contribution >= 0.6 is 0 Å². The Morgan fingerprint density at radius 3 is 2.75 bits per heavy atom. The molecule has 1 aliphatic rings. The molecule has 0 heterocycles. The van der Waals surface area contributed by atoms with Crippen molar-refractivity contribution in [1.82, 2.24) is 0 Å². The van der Waals surface area contributed by atoms with Gasteiger partial charge in [0.1, 0.15) is 0 Å². The Morgan fingerprint density at radius 2 is 2.17 bits per heavy atom. The van der Waals surface area contributed by atoms with E-state index >= 15 is 0 Å². The molecule has 64 valence electrons. The van der Waals surface area contributed by atoms with E-state index < -0.39 is 11.4 Å². The summed E-state index contributed by atoms with van der Waals surface area (Å²) in [6.07, 6.45) is 8.58. The van der Waals surface area contributed by atoms with Crippen LogP contribution in [0.15, 0.2) is 36.0 Å². The Hall–Kier alpha value is -1.35. The first-order valence-electron chi connectivity index (χ1n) is 3.69. The van der Waals surface area contributed by atoms with Crippen LogP contribution in [0.2, 0.25) is 0 Å². The molecule has 0 radical (unpaired) electrons. The minimum Gasteiger partial charge on any atom is -0.366 e. The average Bonchev–Trinajstić information content (AvgIpc) is 2.10. The second-order valence-electron chi connectivity index (χ2n) is 3.04. The summed E-state index contributed by atoms with van der Waals surface area (Å²) < 4.78 is 0. The van der Waals surface area contributed by atoms with E-state index in [0.29, 0.717) is 5.57 Å². The van der Waals surface area contributed by atoms with Crippen LogP contribution in [0.3, 0.4) is 0 Å². The molecule has 1 rings (SSSR count). The maximum atomic E-state index is 10.7. The fraction of sp³-hybridized carbons (Fsp3) is 0.222. The summed E-state index contributed by atoms with van der Waals surface area (Å²) >= 11 is 0. The van der Waals surface area contributed by atoms with Gasteiger partial charge in [-0.2, -0.15) is 0 Å². The maximum Gasteiger partial charge on any atom is 0.248 e. The van der Waals surface area contributed by atoms with Crippen LogP contribution in [0.4, 0.5) is 0 Å². The highest BCUT2D eigenvalue weighted by Crippen LogP contribution is 2.10. The van der Waals surface area contributed by atoms with Gasteiger partial charge >= 0.3 is 0 Å². The third kappa shape index (κ3) is 2.07. The number of nitrogens with two attached hydrogens (primary N) is 2. The van der Waals surface area contributed by atoms with E-state index in [1.807, 2.05) is 6.92 Å². The van der Waals surface area contributed by atoms with Gasteiger partial charge in [-0.25, -0.2) is 0 Å². The van der Waals surface area contributed by atoms with Crippen molar-refractivity contribution in [1.29, 1.82) is 0 Å². The van der Waals surface area contributed by atoms with E-state index in [9.17, 15) is 4.79 Å². The van der Waals surface area contributed by atoms with E-state index in [-0.39, 0.29) is 0 Å². The van der Waals surface area contributed by atoms with Crippen molar-refractivity contribution < 1.29 is 4.79 Å². The van der Waals surface area contributed by atoms with Crippen LogP contribution in [-0.4, -0.2) is 11.4 Å². The maximum absolute atomic E-state index is 10.7. The molecule has 0 aromatic carbocycles. The number of primary amides is 1. The summed E-state index contributed by atoms with van der Waals surface area (Å²) in [6.45, 7) is 1.85. The van der Waals surface area contributed by atoms with Gasteiger partial charge in [0.25, 0.3) is 0 Å². The first-order valence-corrected chi connectivity index (χ1v) is 3.69. The monoisotopic (exact) mass is 164 g/mol.